The van der Waals surface area contributed by atoms with Crippen LogP contribution in [0.1, 0.15) is 65.7 Å². The molecule has 1 fully saturated rings. The molecule has 4 heteroatoms. The molecule has 1 saturated heterocycles. The van der Waals surface area contributed by atoms with E-state index in [-0.39, 0.29) is 5.97 Å². The molecule has 1 unspecified atom stereocenters. The summed E-state index contributed by atoms with van der Waals surface area (Å²) in [5.41, 5.74) is 9.55. The minimum atomic E-state index is -0.890. The zero-order chi connectivity index (χ0) is 34.8. The van der Waals surface area contributed by atoms with E-state index < -0.39 is 5.60 Å². The van der Waals surface area contributed by atoms with E-state index in [2.05, 4.69) is 139 Å². The van der Waals surface area contributed by atoms with Gasteiger partial charge in [0.25, 0.3) is 0 Å². The Kier molecular flexibility index (Phi) is 8.92. The lowest BCUT2D eigenvalue weighted by Gasteiger charge is -2.37. The van der Waals surface area contributed by atoms with Gasteiger partial charge in [-0.05, 0) is 102 Å². The van der Waals surface area contributed by atoms with Crippen LogP contribution in [0.15, 0.2) is 133 Å². The highest BCUT2D eigenvalue weighted by Gasteiger charge is 2.39. The highest BCUT2D eigenvalue weighted by Crippen LogP contribution is 2.47. The maximum absolute atomic E-state index is 13.5. The van der Waals surface area contributed by atoms with Crippen molar-refractivity contribution in [3.8, 4) is 28.0 Å². The van der Waals surface area contributed by atoms with Crippen LogP contribution in [-0.2, 0) is 16.8 Å². The van der Waals surface area contributed by atoms with Crippen molar-refractivity contribution in [3.05, 3.63) is 161 Å². The number of rotatable bonds is 8. The van der Waals surface area contributed by atoms with E-state index in [0.717, 1.165) is 58.1 Å². The quantitative estimate of drug-likeness (QED) is 0.151. The lowest BCUT2D eigenvalue weighted by atomic mass is 9.82. The zero-order valence-electron chi connectivity index (χ0n) is 29.4. The fraction of sp³-hybridized carbons (Fsp3) is 0.213. The molecule has 6 aromatic rings. The number of nitrogens with zero attached hydrogens (tertiary/aromatic N) is 1. The maximum atomic E-state index is 13.5. The van der Waals surface area contributed by atoms with Gasteiger partial charge < -0.3 is 14.4 Å². The number of hydrogen-bond acceptors (Lipinski definition) is 4. The molecular formula is C47H43NO3. The molecule has 8 rings (SSSR count). The number of carbonyl (C=O) groups excluding carboxylic acids is 1. The van der Waals surface area contributed by atoms with Crippen molar-refractivity contribution < 1.29 is 14.3 Å². The van der Waals surface area contributed by atoms with Crippen LogP contribution in [-0.4, -0.2) is 25.7 Å². The van der Waals surface area contributed by atoms with Crippen molar-refractivity contribution in [2.45, 2.75) is 45.1 Å². The molecule has 0 amide bonds. The Labute approximate surface area is 301 Å². The van der Waals surface area contributed by atoms with Gasteiger partial charge in [0.15, 0.2) is 5.60 Å². The van der Waals surface area contributed by atoms with E-state index in [1.165, 1.54) is 41.6 Å². The molecule has 2 aliphatic rings. The first-order valence-corrected chi connectivity index (χ1v) is 18.3. The summed E-state index contributed by atoms with van der Waals surface area (Å²) in [5.74, 6) is 0.324. The molecule has 2 aliphatic heterocycles. The first-order valence-electron chi connectivity index (χ1n) is 18.3. The number of hydrogen-bond donors (Lipinski definition) is 0. The number of benzene rings is 6. The fourth-order valence-corrected chi connectivity index (χ4v) is 7.64. The van der Waals surface area contributed by atoms with Gasteiger partial charge in [0, 0.05) is 40.9 Å². The molecule has 0 N–H and O–H groups in total. The Hall–Kier alpha value is -5.61. The summed E-state index contributed by atoms with van der Waals surface area (Å²) in [4.78, 5) is 16.0. The number of aryl methyl sites for hydroxylation is 1. The number of anilines is 1. The van der Waals surface area contributed by atoms with Gasteiger partial charge in [0.2, 0.25) is 0 Å². The van der Waals surface area contributed by atoms with Crippen LogP contribution in [0, 0.1) is 0 Å². The molecule has 2 heterocycles. The minimum absolute atomic E-state index is 0.293. The van der Waals surface area contributed by atoms with Crippen LogP contribution in [0.2, 0.25) is 0 Å². The van der Waals surface area contributed by atoms with Crippen molar-refractivity contribution in [1.29, 1.82) is 0 Å². The molecule has 51 heavy (non-hydrogen) atoms. The van der Waals surface area contributed by atoms with Crippen LogP contribution in [0.5, 0.6) is 5.75 Å². The van der Waals surface area contributed by atoms with E-state index in [0.29, 0.717) is 17.9 Å². The van der Waals surface area contributed by atoms with Crippen LogP contribution in [0.3, 0.4) is 0 Å². The smallest absolute Gasteiger partial charge is 0.338 e. The lowest BCUT2D eigenvalue weighted by molar-refractivity contribution is 0.0524. The molecule has 0 aromatic heterocycles. The number of fused-ring (bicyclic) bond motifs is 3. The predicted molar refractivity (Wildman–Crippen MR) is 210 cm³/mol. The molecule has 1 atom stereocenters. The van der Waals surface area contributed by atoms with E-state index >= 15 is 0 Å². The van der Waals surface area contributed by atoms with Crippen LogP contribution in [0.4, 0.5) is 5.69 Å². The Balaban J connectivity index is 1.21. The van der Waals surface area contributed by atoms with E-state index in [1.54, 1.807) is 0 Å². The van der Waals surface area contributed by atoms with Crippen molar-refractivity contribution in [1.82, 2.24) is 0 Å². The van der Waals surface area contributed by atoms with Gasteiger partial charge in [0.05, 0.1) is 12.2 Å². The molecule has 4 nitrogen and oxygen atoms in total. The Morgan fingerprint density at radius 3 is 2.00 bits per heavy atom. The number of ether oxygens (including phenoxy) is 2. The standard InChI is InChI=1S/C47H43NO3/c1-3-33-13-15-34(16-14-33)35-17-19-36(20-18-35)37-21-26-42-38(31-37)32-44(46(49)50-4-2)43-27-28-47(51-45(42)43,39-11-7-5-8-12-39)40-22-24-41(25-23-40)48-29-9-6-10-30-48/h5,7-8,11-28,31-32H,3-4,6,9-10,29-30H2,1-2H3. The second-order valence-electron chi connectivity index (χ2n) is 13.6. The van der Waals surface area contributed by atoms with E-state index in [4.69, 9.17) is 9.47 Å². The number of piperidine rings is 1. The largest absolute Gasteiger partial charge is 0.472 e. The van der Waals surface area contributed by atoms with Gasteiger partial charge >= 0.3 is 5.97 Å². The van der Waals surface area contributed by atoms with E-state index in [9.17, 15) is 4.79 Å². The van der Waals surface area contributed by atoms with Crippen LogP contribution in [0.25, 0.3) is 39.1 Å². The summed E-state index contributed by atoms with van der Waals surface area (Å²) >= 11 is 0. The number of esters is 1. The molecule has 6 aromatic carbocycles. The van der Waals surface area contributed by atoms with Crippen molar-refractivity contribution in [3.63, 3.8) is 0 Å². The predicted octanol–water partition coefficient (Wildman–Crippen LogP) is 11.3. The van der Waals surface area contributed by atoms with Gasteiger partial charge in [0.1, 0.15) is 5.75 Å². The maximum Gasteiger partial charge on any atom is 0.338 e. The van der Waals surface area contributed by atoms with Crippen molar-refractivity contribution in [2.24, 2.45) is 0 Å². The van der Waals surface area contributed by atoms with Crippen molar-refractivity contribution >= 4 is 28.5 Å². The number of carbonyl (C=O) groups is 1. The average molecular weight is 670 g/mol. The summed E-state index contributed by atoms with van der Waals surface area (Å²) in [6.07, 6.45) is 8.94. The van der Waals surface area contributed by atoms with Crippen molar-refractivity contribution in [2.75, 3.05) is 24.6 Å². The first-order chi connectivity index (χ1) is 25.1. The third kappa shape index (κ3) is 6.20. The molecule has 0 saturated carbocycles. The molecule has 0 spiro atoms. The summed E-state index contributed by atoms with van der Waals surface area (Å²) in [6, 6.07) is 45.1. The SMILES string of the molecule is CCOC(=O)c1cc2cc(-c3ccc(-c4ccc(CC)cc4)cc3)ccc2c2c1C=CC(c1ccccc1)(c1ccc(N3CCCCC3)cc1)O2. The summed E-state index contributed by atoms with van der Waals surface area (Å²) in [7, 11) is 0. The topological polar surface area (TPSA) is 38.8 Å². The molecule has 254 valence electrons. The van der Waals surface area contributed by atoms with Crippen LogP contribution >= 0.6 is 0 Å². The van der Waals surface area contributed by atoms with Gasteiger partial charge in [-0.2, -0.15) is 0 Å². The van der Waals surface area contributed by atoms with Crippen LogP contribution < -0.4 is 9.64 Å². The van der Waals surface area contributed by atoms with Gasteiger partial charge in [-0.3, -0.25) is 0 Å². The molecular weight excluding hydrogens is 627 g/mol. The van der Waals surface area contributed by atoms with Gasteiger partial charge in [-0.1, -0.05) is 110 Å². The average Bonchev–Trinajstić information content (AvgIpc) is 3.21. The first kappa shape index (κ1) is 32.6. The highest BCUT2D eigenvalue weighted by atomic mass is 16.5. The lowest BCUT2D eigenvalue weighted by Crippen LogP contribution is -2.35. The Morgan fingerprint density at radius 2 is 1.33 bits per heavy atom. The highest BCUT2D eigenvalue weighted by molar-refractivity contribution is 6.05. The van der Waals surface area contributed by atoms with Gasteiger partial charge in [-0.15, -0.1) is 0 Å². The van der Waals surface area contributed by atoms with Gasteiger partial charge in [-0.25, -0.2) is 4.79 Å². The zero-order valence-corrected chi connectivity index (χ0v) is 29.4. The second kappa shape index (κ2) is 14.0. The minimum Gasteiger partial charge on any atom is -0.472 e. The molecule has 0 radical (unpaired) electrons. The normalized spacial score (nSPS) is 16.8. The molecule has 0 aliphatic carbocycles. The third-order valence-corrected chi connectivity index (χ3v) is 10.5. The fourth-order valence-electron chi connectivity index (χ4n) is 7.64. The van der Waals surface area contributed by atoms with E-state index in [1.807, 2.05) is 19.1 Å². The summed E-state index contributed by atoms with van der Waals surface area (Å²) < 4.78 is 12.9. The Bertz CT molecular complexity index is 2200. The monoisotopic (exact) mass is 669 g/mol. The Morgan fingerprint density at radius 1 is 0.706 bits per heavy atom. The third-order valence-electron chi connectivity index (χ3n) is 10.5. The summed E-state index contributed by atoms with van der Waals surface area (Å²) in [6.45, 7) is 6.49. The molecule has 0 bridgehead atoms. The second-order valence-corrected chi connectivity index (χ2v) is 13.6. The summed E-state index contributed by atoms with van der Waals surface area (Å²) in [5, 5.41) is 1.87.